The molecule has 1 rings (SSSR count). The molecule has 0 unspecified atom stereocenters. The van der Waals surface area contributed by atoms with Crippen LogP contribution in [0.5, 0.6) is 0 Å². The number of hydrogen-bond acceptors (Lipinski definition) is 6. The highest BCUT2D eigenvalue weighted by Crippen LogP contribution is 2.38. The topological polar surface area (TPSA) is 96.0 Å². The molecular weight excluding hydrogens is 270 g/mol. The number of unbranched alkanes of at least 4 members (excludes halogenated alkanes) is 2. The van der Waals surface area contributed by atoms with Gasteiger partial charge in [0.2, 0.25) is 0 Å². The Bertz CT molecular complexity index is 556. The van der Waals surface area contributed by atoms with E-state index in [4.69, 9.17) is 11.0 Å². The van der Waals surface area contributed by atoms with Crippen molar-refractivity contribution in [3.8, 4) is 6.07 Å². The van der Waals surface area contributed by atoms with Crippen molar-refractivity contribution in [1.82, 2.24) is 0 Å². The Kier molecular flexibility index (Phi) is 4.99. The number of hydrogen-bond donors (Lipinski definition) is 2. The molecule has 5 nitrogen and oxygen atoms in total. The average molecular weight is 287 g/mol. The summed E-state index contributed by atoms with van der Waals surface area (Å²) in [5.41, 5.74) is 5.76. The van der Waals surface area contributed by atoms with Crippen molar-refractivity contribution in [2.75, 3.05) is 23.9 Å². The molecule has 1 aromatic heterocycles. The third-order valence-corrected chi connectivity index (χ3v) is 4.80. The first-order valence-electron chi connectivity index (χ1n) is 5.68. The number of thiophene rings is 1. The SMILES string of the molecule is CCCCCNc1sc(C#N)c(N)c1S(C)(=O)=O. The number of nitrogens with two attached hydrogens (primary N) is 1. The predicted octanol–water partition coefficient (Wildman–Crippen LogP) is 2.21. The van der Waals surface area contributed by atoms with Crippen molar-refractivity contribution < 1.29 is 8.42 Å². The predicted molar refractivity (Wildman–Crippen MR) is 74.6 cm³/mol. The second-order valence-corrected chi connectivity index (χ2v) is 6.99. The maximum Gasteiger partial charge on any atom is 0.180 e. The number of sulfone groups is 1. The second kappa shape index (κ2) is 6.07. The zero-order valence-electron chi connectivity index (χ0n) is 10.5. The van der Waals surface area contributed by atoms with E-state index < -0.39 is 9.84 Å². The molecule has 0 radical (unpaired) electrons. The lowest BCUT2D eigenvalue weighted by molar-refractivity contribution is 0.602. The maximum atomic E-state index is 11.7. The van der Waals surface area contributed by atoms with Crippen LogP contribution in [0.3, 0.4) is 0 Å². The zero-order valence-corrected chi connectivity index (χ0v) is 12.1. The Balaban J connectivity index is 3.01. The summed E-state index contributed by atoms with van der Waals surface area (Å²) < 4.78 is 23.3. The highest BCUT2D eigenvalue weighted by molar-refractivity contribution is 7.91. The van der Waals surface area contributed by atoms with E-state index in [0.29, 0.717) is 11.5 Å². The molecule has 0 aliphatic carbocycles. The molecule has 0 spiro atoms. The molecular formula is C11H17N3O2S2. The number of rotatable bonds is 6. The number of nitrogens with one attached hydrogen (secondary N) is 1. The minimum Gasteiger partial charge on any atom is -0.396 e. The highest BCUT2D eigenvalue weighted by Gasteiger charge is 2.23. The van der Waals surface area contributed by atoms with Crippen LogP contribution in [0, 0.1) is 11.3 Å². The Labute approximate surface area is 112 Å². The number of nitrogen functional groups attached to an aromatic ring is 1. The molecule has 0 amide bonds. The van der Waals surface area contributed by atoms with Crippen LogP contribution in [-0.4, -0.2) is 21.2 Å². The van der Waals surface area contributed by atoms with Gasteiger partial charge in [-0.15, -0.1) is 11.3 Å². The highest BCUT2D eigenvalue weighted by atomic mass is 32.2. The first-order chi connectivity index (χ1) is 8.41. The van der Waals surface area contributed by atoms with Gasteiger partial charge in [0.25, 0.3) is 0 Å². The maximum absolute atomic E-state index is 11.7. The van der Waals surface area contributed by atoms with Gasteiger partial charge in [-0.2, -0.15) is 5.26 Å². The Morgan fingerprint density at radius 2 is 2.11 bits per heavy atom. The molecule has 0 atom stereocenters. The fourth-order valence-corrected chi connectivity index (χ4v) is 3.97. The van der Waals surface area contributed by atoms with E-state index in [2.05, 4.69) is 12.2 Å². The van der Waals surface area contributed by atoms with Gasteiger partial charge in [-0.1, -0.05) is 19.8 Å². The summed E-state index contributed by atoms with van der Waals surface area (Å²) in [6, 6.07) is 1.92. The summed E-state index contributed by atoms with van der Waals surface area (Å²) in [6.07, 6.45) is 4.23. The van der Waals surface area contributed by atoms with Crippen LogP contribution in [0.2, 0.25) is 0 Å². The molecule has 0 aliphatic heterocycles. The van der Waals surface area contributed by atoms with Crippen molar-refractivity contribution in [2.24, 2.45) is 0 Å². The first-order valence-corrected chi connectivity index (χ1v) is 8.38. The van der Waals surface area contributed by atoms with Gasteiger partial charge >= 0.3 is 0 Å². The van der Waals surface area contributed by atoms with Crippen LogP contribution < -0.4 is 11.1 Å². The second-order valence-electron chi connectivity index (χ2n) is 4.02. The normalized spacial score (nSPS) is 11.2. The molecule has 0 saturated heterocycles. The molecule has 7 heteroatoms. The minimum atomic E-state index is -3.42. The standard InChI is InChI=1S/C11H17N3O2S2/c1-3-4-5-6-14-11-10(18(2,15)16)9(13)8(7-12)17-11/h14H,3-6,13H2,1-2H3. The largest absolute Gasteiger partial charge is 0.396 e. The molecule has 0 saturated carbocycles. The summed E-state index contributed by atoms with van der Waals surface area (Å²) in [5.74, 6) is 0. The van der Waals surface area contributed by atoms with Gasteiger partial charge < -0.3 is 11.1 Å². The van der Waals surface area contributed by atoms with E-state index in [0.717, 1.165) is 36.9 Å². The number of anilines is 2. The van der Waals surface area contributed by atoms with Crippen molar-refractivity contribution in [3.05, 3.63) is 4.88 Å². The lowest BCUT2D eigenvalue weighted by Crippen LogP contribution is -2.06. The summed E-state index contributed by atoms with van der Waals surface area (Å²) in [5, 5.41) is 12.4. The summed E-state index contributed by atoms with van der Waals surface area (Å²) in [4.78, 5) is 0.300. The number of nitriles is 1. The molecule has 3 N–H and O–H groups in total. The lowest BCUT2D eigenvalue weighted by Gasteiger charge is -2.06. The average Bonchev–Trinajstić information content (AvgIpc) is 2.60. The van der Waals surface area contributed by atoms with Gasteiger partial charge in [0.15, 0.2) is 9.84 Å². The van der Waals surface area contributed by atoms with Crippen LogP contribution in [0.4, 0.5) is 10.7 Å². The third kappa shape index (κ3) is 3.37. The van der Waals surface area contributed by atoms with Gasteiger partial charge in [0, 0.05) is 12.8 Å². The Morgan fingerprint density at radius 1 is 1.44 bits per heavy atom. The van der Waals surface area contributed by atoms with Gasteiger partial charge in [-0.3, -0.25) is 0 Å². The van der Waals surface area contributed by atoms with E-state index in [1.165, 1.54) is 0 Å². The Hall–Kier alpha value is -1.26. The van der Waals surface area contributed by atoms with E-state index >= 15 is 0 Å². The fourth-order valence-electron chi connectivity index (χ4n) is 1.57. The molecule has 1 aromatic rings. The quantitative estimate of drug-likeness (QED) is 0.782. The van der Waals surface area contributed by atoms with Gasteiger partial charge in [0.1, 0.15) is 20.8 Å². The zero-order chi connectivity index (χ0) is 13.8. The van der Waals surface area contributed by atoms with Gasteiger partial charge in [0.05, 0.1) is 5.69 Å². The van der Waals surface area contributed by atoms with Crippen molar-refractivity contribution in [2.45, 2.75) is 31.1 Å². The van der Waals surface area contributed by atoms with Crippen LogP contribution in [-0.2, 0) is 9.84 Å². The van der Waals surface area contributed by atoms with Crippen molar-refractivity contribution in [3.63, 3.8) is 0 Å². The third-order valence-electron chi connectivity index (χ3n) is 2.44. The van der Waals surface area contributed by atoms with Crippen molar-refractivity contribution in [1.29, 1.82) is 5.26 Å². The van der Waals surface area contributed by atoms with Gasteiger partial charge in [-0.05, 0) is 6.42 Å². The first kappa shape index (κ1) is 14.8. The summed E-state index contributed by atoms with van der Waals surface area (Å²) in [6.45, 7) is 2.78. The molecule has 0 bridgehead atoms. The monoisotopic (exact) mass is 287 g/mol. The Morgan fingerprint density at radius 3 is 2.61 bits per heavy atom. The summed E-state index contributed by atoms with van der Waals surface area (Å²) in [7, 11) is -3.42. The molecule has 0 fully saturated rings. The molecule has 100 valence electrons. The van der Waals surface area contributed by atoms with E-state index in [9.17, 15) is 8.42 Å². The van der Waals surface area contributed by atoms with E-state index in [1.807, 2.05) is 6.07 Å². The fraction of sp³-hybridized carbons (Fsp3) is 0.545. The van der Waals surface area contributed by atoms with E-state index in [1.54, 1.807) is 0 Å². The summed E-state index contributed by atoms with van der Waals surface area (Å²) >= 11 is 1.09. The van der Waals surface area contributed by atoms with Crippen LogP contribution >= 0.6 is 11.3 Å². The number of nitrogens with zero attached hydrogens (tertiary/aromatic N) is 1. The smallest absolute Gasteiger partial charge is 0.180 e. The minimum absolute atomic E-state index is 0.0561. The molecule has 18 heavy (non-hydrogen) atoms. The molecule has 0 aliphatic rings. The van der Waals surface area contributed by atoms with Crippen LogP contribution in [0.1, 0.15) is 31.1 Å². The molecule has 0 aromatic carbocycles. The van der Waals surface area contributed by atoms with Crippen molar-refractivity contribution >= 4 is 31.9 Å². The van der Waals surface area contributed by atoms with Gasteiger partial charge in [-0.25, -0.2) is 8.42 Å². The van der Waals surface area contributed by atoms with E-state index in [-0.39, 0.29) is 15.5 Å². The molecule has 1 heterocycles. The van der Waals surface area contributed by atoms with Crippen LogP contribution in [0.25, 0.3) is 0 Å². The van der Waals surface area contributed by atoms with Crippen LogP contribution in [0.15, 0.2) is 4.90 Å². The lowest BCUT2D eigenvalue weighted by atomic mass is 10.2.